The molecule has 0 bridgehead atoms. The highest BCUT2D eigenvalue weighted by atomic mass is 19.3. The second-order valence-electron chi connectivity index (χ2n) is 4.20. The van der Waals surface area contributed by atoms with Gasteiger partial charge in [-0.3, -0.25) is 0 Å². The first-order chi connectivity index (χ1) is 8.56. The lowest BCUT2D eigenvalue weighted by atomic mass is 10.1. The van der Waals surface area contributed by atoms with Crippen molar-refractivity contribution in [2.45, 2.75) is 25.5 Å². The highest BCUT2D eigenvalue weighted by molar-refractivity contribution is 5.78. The number of carboxylic acids is 1. The van der Waals surface area contributed by atoms with Crippen molar-refractivity contribution in [3.05, 3.63) is 24.3 Å². The summed E-state index contributed by atoms with van der Waals surface area (Å²) in [5, 5.41) is 11.9. The molecule has 6 heteroatoms. The van der Waals surface area contributed by atoms with Gasteiger partial charge in [0, 0.05) is 5.69 Å². The molecule has 4 nitrogen and oxygen atoms in total. The van der Waals surface area contributed by atoms with Crippen LogP contribution in [0.1, 0.15) is 12.8 Å². The minimum Gasteiger partial charge on any atom is -0.480 e. The van der Waals surface area contributed by atoms with Crippen molar-refractivity contribution in [2.24, 2.45) is 5.92 Å². The largest absolute Gasteiger partial charge is 0.480 e. The number of benzene rings is 1. The van der Waals surface area contributed by atoms with Gasteiger partial charge in [-0.15, -0.1) is 0 Å². The lowest BCUT2D eigenvalue weighted by molar-refractivity contribution is -0.138. The maximum absolute atomic E-state index is 11.9. The molecule has 1 unspecified atom stereocenters. The van der Waals surface area contributed by atoms with E-state index in [0.29, 0.717) is 5.69 Å². The molecule has 0 aromatic heterocycles. The van der Waals surface area contributed by atoms with Crippen LogP contribution < -0.4 is 10.1 Å². The Morgan fingerprint density at radius 3 is 2.39 bits per heavy atom. The summed E-state index contributed by atoms with van der Waals surface area (Å²) in [6, 6.07) is 5.18. The molecule has 1 aliphatic rings. The van der Waals surface area contributed by atoms with E-state index < -0.39 is 18.6 Å². The number of halogens is 2. The summed E-state index contributed by atoms with van der Waals surface area (Å²) in [5.74, 6) is -0.696. The van der Waals surface area contributed by atoms with Gasteiger partial charge < -0.3 is 15.2 Å². The quantitative estimate of drug-likeness (QED) is 0.822. The number of aliphatic carboxylic acids is 1. The molecule has 0 aliphatic heterocycles. The van der Waals surface area contributed by atoms with Crippen molar-refractivity contribution in [1.29, 1.82) is 0 Å². The zero-order valence-corrected chi connectivity index (χ0v) is 9.48. The van der Waals surface area contributed by atoms with E-state index in [1.54, 1.807) is 0 Å². The van der Waals surface area contributed by atoms with Gasteiger partial charge in [0.2, 0.25) is 0 Å². The summed E-state index contributed by atoms with van der Waals surface area (Å²) in [6.07, 6.45) is 1.80. The third kappa shape index (κ3) is 3.32. The molecular formula is C12H13F2NO3. The standard InChI is InChI=1S/C12H13F2NO3/c13-12(14)18-9-5-3-8(4-6-9)15-10(11(16)17)7-1-2-7/h3-7,10,12,15H,1-2H2,(H,16,17). The van der Waals surface area contributed by atoms with Crippen LogP contribution in [0.4, 0.5) is 14.5 Å². The van der Waals surface area contributed by atoms with Crippen LogP contribution in [0.5, 0.6) is 5.75 Å². The molecule has 0 spiro atoms. The lowest BCUT2D eigenvalue weighted by Gasteiger charge is -2.15. The minimum atomic E-state index is -2.86. The average Bonchev–Trinajstić information content (AvgIpc) is 3.10. The van der Waals surface area contributed by atoms with Crippen LogP contribution in [-0.2, 0) is 4.79 Å². The van der Waals surface area contributed by atoms with Crippen LogP contribution in [0, 0.1) is 5.92 Å². The topological polar surface area (TPSA) is 58.6 Å². The molecule has 1 aromatic carbocycles. The summed E-state index contributed by atoms with van der Waals surface area (Å²) in [7, 11) is 0. The Bertz CT molecular complexity index is 418. The van der Waals surface area contributed by atoms with Gasteiger partial charge in [-0.2, -0.15) is 8.78 Å². The molecule has 1 aromatic rings. The van der Waals surface area contributed by atoms with Gasteiger partial charge in [0.05, 0.1) is 0 Å². The Labute approximate surface area is 103 Å². The Morgan fingerprint density at radius 1 is 1.33 bits per heavy atom. The van der Waals surface area contributed by atoms with Crippen LogP contribution in [0.15, 0.2) is 24.3 Å². The van der Waals surface area contributed by atoms with Crippen LogP contribution in [0.3, 0.4) is 0 Å². The van der Waals surface area contributed by atoms with Crippen molar-refractivity contribution < 1.29 is 23.4 Å². The number of hydrogen-bond donors (Lipinski definition) is 2. The normalized spacial score (nSPS) is 16.4. The van der Waals surface area contributed by atoms with Gasteiger partial charge in [-0.1, -0.05) is 0 Å². The van der Waals surface area contributed by atoms with E-state index in [-0.39, 0.29) is 11.7 Å². The zero-order chi connectivity index (χ0) is 13.1. The first-order valence-corrected chi connectivity index (χ1v) is 5.60. The molecule has 1 saturated carbocycles. The number of anilines is 1. The van der Waals surface area contributed by atoms with E-state index in [1.807, 2.05) is 0 Å². The highest BCUT2D eigenvalue weighted by Crippen LogP contribution is 2.34. The molecule has 0 heterocycles. The third-order valence-corrected chi connectivity index (χ3v) is 2.76. The number of alkyl halides is 2. The van der Waals surface area contributed by atoms with Crippen molar-refractivity contribution in [3.8, 4) is 5.75 Å². The van der Waals surface area contributed by atoms with Crippen LogP contribution in [0.25, 0.3) is 0 Å². The average molecular weight is 257 g/mol. The molecule has 1 aliphatic carbocycles. The summed E-state index contributed by atoms with van der Waals surface area (Å²) < 4.78 is 28.1. The summed E-state index contributed by atoms with van der Waals surface area (Å²) in [6.45, 7) is -2.86. The third-order valence-electron chi connectivity index (χ3n) is 2.76. The first kappa shape index (κ1) is 12.6. The van der Waals surface area contributed by atoms with E-state index in [2.05, 4.69) is 10.1 Å². The summed E-state index contributed by atoms with van der Waals surface area (Å²) >= 11 is 0. The maximum Gasteiger partial charge on any atom is 0.387 e. The van der Waals surface area contributed by atoms with Gasteiger partial charge >= 0.3 is 12.6 Å². The predicted octanol–water partition coefficient (Wildman–Crippen LogP) is 2.56. The number of hydrogen-bond acceptors (Lipinski definition) is 3. The zero-order valence-electron chi connectivity index (χ0n) is 9.48. The monoisotopic (exact) mass is 257 g/mol. The predicted molar refractivity (Wildman–Crippen MR) is 60.8 cm³/mol. The van der Waals surface area contributed by atoms with Crippen molar-refractivity contribution in [2.75, 3.05) is 5.32 Å². The molecular weight excluding hydrogens is 244 g/mol. The molecule has 98 valence electrons. The SMILES string of the molecule is O=C(O)C(Nc1ccc(OC(F)F)cc1)C1CC1. The number of carboxylic acid groups (broad SMARTS) is 1. The molecule has 1 atom stereocenters. The van der Waals surface area contributed by atoms with Crippen molar-refractivity contribution in [3.63, 3.8) is 0 Å². The molecule has 1 fully saturated rings. The molecule has 0 radical (unpaired) electrons. The van der Waals surface area contributed by atoms with Gasteiger partial charge in [-0.05, 0) is 43.0 Å². The van der Waals surface area contributed by atoms with E-state index in [4.69, 9.17) is 5.11 Å². The summed E-state index contributed by atoms with van der Waals surface area (Å²) in [4.78, 5) is 11.0. The molecule has 18 heavy (non-hydrogen) atoms. The van der Waals surface area contributed by atoms with Gasteiger partial charge in [0.1, 0.15) is 11.8 Å². The van der Waals surface area contributed by atoms with E-state index in [0.717, 1.165) is 12.8 Å². The Morgan fingerprint density at radius 2 is 1.94 bits per heavy atom. The second kappa shape index (κ2) is 5.20. The van der Waals surface area contributed by atoms with E-state index >= 15 is 0 Å². The van der Waals surface area contributed by atoms with E-state index in [9.17, 15) is 13.6 Å². The number of ether oxygens (including phenoxy) is 1. The van der Waals surface area contributed by atoms with E-state index in [1.165, 1.54) is 24.3 Å². The minimum absolute atomic E-state index is 0.0499. The molecule has 2 N–H and O–H groups in total. The van der Waals surface area contributed by atoms with Crippen molar-refractivity contribution >= 4 is 11.7 Å². The number of carbonyl (C=O) groups is 1. The maximum atomic E-state index is 11.9. The fraction of sp³-hybridized carbons (Fsp3) is 0.417. The van der Waals surface area contributed by atoms with Crippen LogP contribution >= 0.6 is 0 Å². The highest BCUT2D eigenvalue weighted by Gasteiger charge is 2.36. The second-order valence-corrected chi connectivity index (χ2v) is 4.20. The smallest absolute Gasteiger partial charge is 0.387 e. The van der Waals surface area contributed by atoms with Gasteiger partial charge in [-0.25, -0.2) is 4.79 Å². The Kier molecular flexibility index (Phi) is 3.64. The lowest BCUT2D eigenvalue weighted by Crippen LogP contribution is -2.31. The Hall–Kier alpha value is -1.85. The van der Waals surface area contributed by atoms with Crippen LogP contribution in [0.2, 0.25) is 0 Å². The van der Waals surface area contributed by atoms with Crippen LogP contribution in [-0.4, -0.2) is 23.7 Å². The molecule has 0 saturated heterocycles. The fourth-order valence-electron chi connectivity index (χ4n) is 1.72. The Balaban J connectivity index is 1.98. The molecule has 2 rings (SSSR count). The first-order valence-electron chi connectivity index (χ1n) is 5.60. The summed E-state index contributed by atoms with van der Waals surface area (Å²) in [5.41, 5.74) is 0.580. The molecule has 0 amide bonds. The fourth-order valence-corrected chi connectivity index (χ4v) is 1.72. The van der Waals surface area contributed by atoms with Gasteiger partial charge in [0.25, 0.3) is 0 Å². The van der Waals surface area contributed by atoms with Crippen molar-refractivity contribution in [1.82, 2.24) is 0 Å². The number of rotatable bonds is 6. The number of nitrogens with one attached hydrogen (secondary N) is 1. The van der Waals surface area contributed by atoms with Gasteiger partial charge in [0.15, 0.2) is 0 Å².